The van der Waals surface area contributed by atoms with Gasteiger partial charge in [-0.1, -0.05) is 25.2 Å². The molecule has 0 fully saturated rings. The molecule has 0 aliphatic heterocycles. The first-order chi connectivity index (χ1) is 7.37. The van der Waals surface area contributed by atoms with E-state index in [0.29, 0.717) is 0 Å². The van der Waals surface area contributed by atoms with Crippen LogP contribution in [-0.2, 0) is 4.43 Å². The van der Waals surface area contributed by atoms with Gasteiger partial charge >= 0.3 is 0 Å². The van der Waals surface area contributed by atoms with Gasteiger partial charge in [-0.3, -0.25) is 4.98 Å². The molecule has 1 rings (SSSR count). The van der Waals surface area contributed by atoms with Crippen molar-refractivity contribution in [1.29, 1.82) is 0 Å². The molecule has 0 unspecified atom stereocenters. The molecule has 2 nitrogen and oxygen atoms in total. The summed E-state index contributed by atoms with van der Waals surface area (Å²) in [6.07, 6.45) is 1.91. The van der Waals surface area contributed by atoms with Gasteiger partial charge in [0.25, 0.3) is 0 Å². The predicted molar refractivity (Wildman–Crippen MR) is 75.5 cm³/mol. The number of hydrogen-bond acceptors (Lipinski definition) is 2. The summed E-state index contributed by atoms with van der Waals surface area (Å²) in [5.74, 6) is 0. The van der Waals surface area contributed by atoms with Gasteiger partial charge in [0, 0.05) is 18.6 Å². The van der Waals surface area contributed by atoms with Crippen LogP contribution in [0.25, 0.3) is 0 Å². The summed E-state index contributed by atoms with van der Waals surface area (Å²) in [7, 11) is -0.926. The molecule has 1 heterocycles. The van der Waals surface area contributed by atoms with E-state index in [9.17, 15) is 0 Å². The normalized spacial score (nSPS) is 12.8. The van der Waals surface area contributed by atoms with Gasteiger partial charge in [0.15, 0.2) is 8.32 Å². The molecule has 0 aromatic carbocycles. The third-order valence-electron chi connectivity index (χ3n) is 3.26. The zero-order valence-electron chi connectivity index (χ0n) is 11.1. The van der Waals surface area contributed by atoms with Crippen molar-refractivity contribution in [1.82, 2.24) is 4.98 Å². The second kappa shape index (κ2) is 5.25. The number of aromatic nitrogens is 1. The fourth-order valence-electron chi connectivity index (χ4n) is 1.61. The molecule has 0 spiro atoms. The molecular formula is C12H23NOSi2. The quantitative estimate of drug-likeness (QED) is 0.753. The molecule has 4 heteroatoms. The second-order valence-electron chi connectivity index (χ2n) is 5.56. The number of rotatable bonds is 5. The van der Waals surface area contributed by atoms with Gasteiger partial charge in [-0.2, -0.15) is 0 Å². The Morgan fingerprint density at radius 2 is 1.81 bits per heavy atom. The first kappa shape index (κ1) is 13.6. The molecule has 0 saturated carbocycles. The summed E-state index contributed by atoms with van der Waals surface area (Å²) in [4.78, 5) is 4.51. The summed E-state index contributed by atoms with van der Waals surface area (Å²) in [6, 6.07) is 8.77. The van der Waals surface area contributed by atoms with Crippen LogP contribution in [-0.4, -0.2) is 28.5 Å². The first-order valence-electron chi connectivity index (χ1n) is 5.84. The van der Waals surface area contributed by atoms with E-state index in [1.54, 1.807) is 0 Å². The lowest BCUT2D eigenvalue weighted by Crippen LogP contribution is -2.45. The van der Waals surface area contributed by atoms with Crippen molar-refractivity contribution in [3.05, 3.63) is 24.4 Å². The molecular weight excluding hydrogens is 230 g/mol. The highest BCUT2D eigenvalue weighted by Crippen LogP contribution is 2.20. The van der Waals surface area contributed by atoms with Crippen LogP contribution in [0.15, 0.2) is 24.4 Å². The molecule has 0 aliphatic rings. The number of hydrogen-bond donors (Lipinski definition) is 0. The van der Waals surface area contributed by atoms with Crippen molar-refractivity contribution in [3.63, 3.8) is 0 Å². The predicted octanol–water partition coefficient (Wildman–Crippen LogP) is 2.85. The molecule has 0 bridgehead atoms. The summed E-state index contributed by atoms with van der Waals surface area (Å²) in [6.45, 7) is 9.37. The lowest BCUT2D eigenvalue weighted by Gasteiger charge is -2.26. The van der Waals surface area contributed by atoms with Gasteiger partial charge in [-0.05, 0) is 31.3 Å². The van der Waals surface area contributed by atoms with E-state index in [4.69, 9.17) is 4.43 Å². The van der Waals surface area contributed by atoms with Gasteiger partial charge in [-0.15, -0.1) is 0 Å². The SMILES string of the molecule is CO[Si](C)(C)CC[Si](C)(C)c1ccccn1. The van der Waals surface area contributed by atoms with Crippen LogP contribution in [0, 0.1) is 0 Å². The molecule has 1 aromatic rings. The lowest BCUT2D eigenvalue weighted by atomic mass is 10.5. The fraction of sp³-hybridized carbons (Fsp3) is 0.583. The van der Waals surface area contributed by atoms with Crippen LogP contribution in [0.2, 0.25) is 38.3 Å². The maximum atomic E-state index is 5.61. The Morgan fingerprint density at radius 3 is 2.31 bits per heavy atom. The molecule has 0 radical (unpaired) electrons. The summed E-state index contributed by atoms with van der Waals surface area (Å²) >= 11 is 0. The van der Waals surface area contributed by atoms with Crippen LogP contribution in [0.1, 0.15) is 0 Å². The van der Waals surface area contributed by atoms with Crippen molar-refractivity contribution >= 4 is 21.7 Å². The highest BCUT2D eigenvalue weighted by atomic mass is 28.4. The highest BCUT2D eigenvalue weighted by Gasteiger charge is 2.29. The monoisotopic (exact) mass is 253 g/mol. The average molecular weight is 253 g/mol. The van der Waals surface area contributed by atoms with Gasteiger partial charge < -0.3 is 4.43 Å². The van der Waals surface area contributed by atoms with Crippen LogP contribution in [0.5, 0.6) is 0 Å². The maximum Gasteiger partial charge on any atom is 0.185 e. The summed E-state index contributed by atoms with van der Waals surface area (Å²) in [5.41, 5.74) is 0. The molecule has 1 aromatic heterocycles. The first-order valence-corrected chi connectivity index (χ1v) is 12.2. The third-order valence-corrected chi connectivity index (χ3v) is 9.50. The largest absolute Gasteiger partial charge is 0.420 e. The molecule has 16 heavy (non-hydrogen) atoms. The summed E-state index contributed by atoms with van der Waals surface area (Å²) < 4.78 is 5.61. The standard InChI is InChI=1S/C12H23NOSi2/c1-14-16(4,5)11-10-15(2,3)12-8-6-7-9-13-12/h6-9H,10-11H2,1-5H3. The van der Waals surface area contributed by atoms with E-state index in [1.807, 2.05) is 19.4 Å². The smallest absolute Gasteiger partial charge is 0.185 e. The van der Waals surface area contributed by atoms with Crippen LogP contribution >= 0.6 is 0 Å². The van der Waals surface area contributed by atoms with Crippen molar-refractivity contribution in [2.45, 2.75) is 38.3 Å². The molecule has 90 valence electrons. The van der Waals surface area contributed by atoms with Crippen LogP contribution in [0.3, 0.4) is 0 Å². The van der Waals surface area contributed by atoms with Gasteiger partial charge in [0.2, 0.25) is 0 Å². The summed E-state index contributed by atoms with van der Waals surface area (Å²) in [5, 5.41) is 1.32. The minimum absolute atomic E-state index is 1.24. The Balaban J connectivity index is 2.66. The van der Waals surface area contributed by atoms with E-state index in [1.165, 1.54) is 17.4 Å². The van der Waals surface area contributed by atoms with Crippen LogP contribution in [0.4, 0.5) is 0 Å². The zero-order chi connectivity index (χ0) is 12.2. The zero-order valence-corrected chi connectivity index (χ0v) is 13.1. The molecule has 0 aliphatic carbocycles. The number of pyridine rings is 1. The van der Waals surface area contributed by atoms with E-state index in [0.717, 1.165) is 0 Å². The van der Waals surface area contributed by atoms with Crippen molar-refractivity contribution in [3.8, 4) is 0 Å². The van der Waals surface area contributed by atoms with E-state index < -0.39 is 16.4 Å². The van der Waals surface area contributed by atoms with Crippen molar-refractivity contribution in [2.24, 2.45) is 0 Å². The minimum atomic E-state index is -1.41. The average Bonchev–Trinajstić information content (AvgIpc) is 2.28. The number of nitrogens with zero attached hydrogens (tertiary/aromatic N) is 1. The Kier molecular flexibility index (Phi) is 4.46. The highest BCUT2D eigenvalue weighted by molar-refractivity contribution is 6.90. The topological polar surface area (TPSA) is 22.1 Å². The van der Waals surface area contributed by atoms with Gasteiger partial charge in [-0.25, -0.2) is 0 Å². The maximum absolute atomic E-state index is 5.61. The van der Waals surface area contributed by atoms with Gasteiger partial charge in [0.05, 0.1) is 0 Å². The van der Waals surface area contributed by atoms with Crippen LogP contribution < -0.4 is 5.32 Å². The molecule has 0 amide bonds. The second-order valence-corrected chi connectivity index (χ2v) is 14.8. The van der Waals surface area contributed by atoms with Crippen molar-refractivity contribution < 1.29 is 4.43 Å². The lowest BCUT2D eigenvalue weighted by molar-refractivity contribution is 0.405. The minimum Gasteiger partial charge on any atom is -0.420 e. The Labute approximate surface area is 101 Å². The van der Waals surface area contributed by atoms with Gasteiger partial charge in [0.1, 0.15) is 8.07 Å². The fourth-order valence-corrected chi connectivity index (χ4v) is 7.95. The third kappa shape index (κ3) is 3.84. The Bertz CT molecular complexity index is 325. The Hall–Kier alpha value is -0.456. The molecule has 0 N–H and O–H groups in total. The molecule has 0 atom stereocenters. The van der Waals surface area contributed by atoms with E-state index >= 15 is 0 Å². The van der Waals surface area contributed by atoms with E-state index in [-0.39, 0.29) is 0 Å². The molecule has 0 saturated heterocycles. The van der Waals surface area contributed by atoms with Crippen molar-refractivity contribution in [2.75, 3.05) is 7.11 Å². The Morgan fingerprint density at radius 1 is 1.12 bits per heavy atom. The van der Waals surface area contributed by atoms with E-state index in [2.05, 4.69) is 43.3 Å².